The predicted molar refractivity (Wildman–Crippen MR) is 115 cm³/mol. The van der Waals surface area contributed by atoms with Gasteiger partial charge in [0.25, 0.3) is 17.4 Å². The molecule has 1 saturated heterocycles. The lowest BCUT2D eigenvalue weighted by Gasteiger charge is -2.25. The molecule has 1 aromatic heterocycles. The minimum absolute atomic E-state index is 0.0496. The molecular formula is C23H14F3N3O6. The van der Waals surface area contributed by atoms with Gasteiger partial charge in [0.2, 0.25) is 0 Å². The molecule has 2 heterocycles. The van der Waals surface area contributed by atoms with Crippen LogP contribution in [0, 0.1) is 10.1 Å². The Bertz CT molecular complexity index is 1340. The number of benzene rings is 2. The molecule has 1 atom stereocenters. The number of hydrogen-bond donors (Lipinski definition) is 1. The number of Topliss-reactive ketones (excluding diaryl/α,β-unsaturated/α-hetero) is 1. The van der Waals surface area contributed by atoms with Gasteiger partial charge >= 0.3 is 6.36 Å². The van der Waals surface area contributed by atoms with Gasteiger partial charge in [-0.1, -0.05) is 18.2 Å². The maximum Gasteiger partial charge on any atom is 0.573 e. The van der Waals surface area contributed by atoms with Gasteiger partial charge in [0.05, 0.1) is 16.5 Å². The Morgan fingerprint density at radius 3 is 2.40 bits per heavy atom. The van der Waals surface area contributed by atoms with Gasteiger partial charge in [-0.05, 0) is 35.9 Å². The summed E-state index contributed by atoms with van der Waals surface area (Å²) in [6, 6.07) is 11.0. The summed E-state index contributed by atoms with van der Waals surface area (Å²) >= 11 is 0. The summed E-state index contributed by atoms with van der Waals surface area (Å²) in [6.45, 7) is 0. The van der Waals surface area contributed by atoms with Crippen molar-refractivity contribution in [1.29, 1.82) is 0 Å². The van der Waals surface area contributed by atoms with Crippen LogP contribution in [0.2, 0.25) is 0 Å². The standard InChI is InChI=1S/C23H14F3N3O6/c24-23(25,26)35-17-8-6-15(7-9-17)28-19(14-4-2-10-27-12-14)18(21(31)22(28)32)20(30)13-3-1-5-16(11-13)29(33)34/h1-12,19,30H/b20-18-. The van der Waals surface area contributed by atoms with Crippen LogP contribution < -0.4 is 9.64 Å². The number of carbonyl (C=O) groups excluding carboxylic acids is 2. The number of nitrogens with zero attached hydrogens (tertiary/aromatic N) is 3. The van der Waals surface area contributed by atoms with E-state index < -0.39 is 40.5 Å². The van der Waals surface area contributed by atoms with E-state index in [4.69, 9.17) is 0 Å². The molecule has 4 rings (SSSR count). The van der Waals surface area contributed by atoms with Crippen molar-refractivity contribution in [2.24, 2.45) is 0 Å². The van der Waals surface area contributed by atoms with Crippen LogP contribution in [0.15, 0.2) is 78.6 Å². The fraction of sp³-hybridized carbons (Fsp3) is 0.0870. The zero-order valence-corrected chi connectivity index (χ0v) is 17.5. The largest absolute Gasteiger partial charge is 0.573 e. The lowest BCUT2D eigenvalue weighted by molar-refractivity contribution is -0.384. The number of carbonyl (C=O) groups is 2. The molecule has 1 unspecified atom stereocenters. The summed E-state index contributed by atoms with van der Waals surface area (Å²) in [4.78, 5) is 41.5. The van der Waals surface area contributed by atoms with E-state index in [1.54, 1.807) is 6.07 Å². The number of aromatic nitrogens is 1. The SMILES string of the molecule is O=C1C(=O)N(c2ccc(OC(F)(F)F)cc2)C(c2cccnc2)/C1=C(/O)c1cccc([N+](=O)[O-])c1. The predicted octanol–water partition coefficient (Wildman–Crippen LogP) is 4.51. The minimum Gasteiger partial charge on any atom is -0.507 e. The molecule has 2 aromatic carbocycles. The molecule has 3 aromatic rings. The molecule has 12 heteroatoms. The molecule has 9 nitrogen and oxygen atoms in total. The average Bonchev–Trinajstić information content (AvgIpc) is 3.09. The number of nitro benzene ring substituents is 1. The molecule has 1 N–H and O–H groups in total. The van der Waals surface area contributed by atoms with Crippen molar-refractivity contribution < 1.29 is 37.5 Å². The summed E-state index contributed by atoms with van der Waals surface area (Å²) < 4.78 is 41.4. The number of pyridine rings is 1. The molecule has 0 aliphatic carbocycles. The van der Waals surface area contributed by atoms with Crippen LogP contribution in [0.1, 0.15) is 17.2 Å². The number of aliphatic hydroxyl groups is 1. The summed E-state index contributed by atoms with van der Waals surface area (Å²) in [5, 5.41) is 22.1. The fourth-order valence-corrected chi connectivity index (χ4v) is 3.68. The van der Waals surface area contributed by atoms with Crippen LogP contribution in [0.3, 0.4) is 0 Å². The van der Waals surface area contributed by atoms with Crippen LogP contribution in [0.25, 0.3) is 5.76 Å². The molecule has 1 amide bonds. The first-order valence-electron chi connectivity index (χ1n) is 9.88. The van der Waals surface area contributed by atoms with Gasteiger partial charge in [-0.2, -0.15) is 0 Å². The van der Waals surface area contributed by atoms with Crippen LogP contribution in [0.5, 0.6) is 5.75 Å². The summed E-state index contributed by atoms with van der Waals surface area (Å²) in [7, 11) is 0. The third kappa shape index (κ3) is 4.67. The third-order valence-electron chi connectivity index (χ3n) is 5.12. The van der Waals surface area contributed by atoms with Crippen molar-refractivity contribution in [2.45, 2.75) is 12.4 Å². The molecule has 0 bridgehead atoms. The van der Waals surface area contributed by atoms with Crippen LogP contribution in [-0.2, 0) is 9.59 Å². The second-order valence-corrected chi connectivity index (χ2v) is 7.30. The first-order valence-corrected chi connectivity index (χ1v) is 9.88. The van der Waals surface area contributed by atoms with E-state index in [1.165, 1.54) is 36.7 Å². The van der Waals surface area contributed by atoms with Crippen LogP contribution in [0.4, 0.5) is 24.5 Å². The number of hydrogen-bond acceptors (Lipinski definition) is 7. The van der Waals surface area contributed by atoms with Crippen molar-refractivity contribution in [1.82, 2.24) is 4.98 Å². The second-order valence-electron chi connectivity index (χ2n) is 7.30. The Kier molecular flexibility index (Phi) is 5.95. The van der Waals surface area contributed by atoms with Crippen molar-refractivity contribution in [3.05, 3.63) is 99.9 Å². The Morgan fingerprint density at radius 2 is 1.80 bits per heavy atom. The average molecular weight is 485 g/mol. The highest BCUT2D eigenvalue weighted by molar-refractivity contribution is 6.51. The van der Waals surface area contributed by atoms with E-state index in [1.807, 2.05) is 0 Å². The second kappa shape index (κ2) is 8.89. The number of halogens is 3. The molecule has 0 radical (unpaired) electrons. The normalized spacial score (nSPS) is 17.5. The topological polar surface area (TPSA) is 123 Å². The molecule has 1 aliphatic heterocycles. The van der Waals surface area contributed by atoms with E-state index in [-0.39, 0.29) is 22.5 Å². The first-order chi connectivity index (χ1) is 16.6. The zero-order chi connectivity index (χ0) is 25.3. The van der Waals surface area contributed by atoms with Crippen molar-refractivity contribution in [2.75, 3.05) is 4.90 Å². The number of amides is 1. The number of non-ortho nitro benzene ring substituents is 1. The van der Waals surface area contributed by atoms with Crippen LogP contribution in [-0.4, -0.2) is 33.1 Å². The van der Waals surface area contributed by atoms with Gasteiger partial charge < -0.3 is 9.84 Å². The Morgan fingerprint density at radius 1 is 1.09 bits per heavy atom. The minimum atomic E-state index is -4.92. The maximum atomic E-state index is 13.0. The zero-order valence-electron chi connectivity index (χ0n) is 17.5. The van der Waals surface area contributed by atoms with Gasteiger partial charge in [-0.15, -0.1) is 13.2 Å². The van der Waals surface area contributed by atoms with E-state index in [9.17, 15) is 38.0 Å². The molecule has 178 valence electrons. The number of ether oxygens (including phenoxy) is 1. The maximum absolute atomic E-state index is 13.0. The van der Waals surface area contributed by atoms with Crippen molar-refractivity contribution in [3.63, 3.8) is 0 Å². The number of alkyl halides is 3. The number of ketones is 1. The highest BCUT2D eigenvalue weighted by Crippen LogP contribution is 2.42. The summed E-state index contributed by atoms with van der Waals surface area (Å²) in [5.74, 6) is -3.33. The monoisotopic (exact) mass is 485 g/mol. The smallest absolute Gasteiger partial charge is 0.507 e. The quantitative estimate of drug-likeness (QED) is 0.185. The fourth-order valence-electron chi connectivity index (χ4n) is 3.68. The lowest BCUT2D eigenvalue weighted by atomic mass is 9.96. The Labute approximate surface area is 194 Å². The molecule has 0 spiro atoms. The van der Waals surface area contributed by atoms with Gasteiger partial charge in [0.15, 0.2) is 0 Å². The summed E-state index contributed by atoms with van der Waals surface area (Å²) in [5.41, 5.74) is -0.413. The molecule has 1 aliphatic rings. The molecule has 1 fully saturated rings. The molecule has 35 heavy (non-hydrogen) atoms. The number of nitro groups is 1. The van der Waals surface area contributed by atoms with E-state index >= 15 is 0 Å². The van der Waals surface area contributed by atoms with Gasteiger partial charge in [0, 0.05) is 35.8 Å². The van der Waals surface area contributed by atoms with Crippen molar-refractivity contribution >= 4 is 28.8 Å². The van der Waals surface area contributed by atoms with Gasteiger partial charge in [0.1, 0.15) is 11.5 Å². The molecular weight excluding hydrogens is 471 g/mol. The number of rotatable bonds is 5. The number of anilines is 1. The van der Waals surface area contributed by atoms with Crippen LogP contribution >= 0.6 is 0 Å². The highest BCUT2D eigenvalue weighted by atomic mass is 19.4. The Balaban J connectivity index is 1.85. The first kappa shape index (κ1) is 23.4. The van der Waals surface area contributed by atoms with Gasteiger partial charge in [-0.25, -0.2) is 0 Å². The highest BCUT2D eigenvalue weighted by Gasteiger charge is 2.47. The third-order valence-corrected chi connectivity index (χ3v) is 5.12. The van der Waals surface area contributed by atoms with E-state index in [0.717, 1.165) is 35.2 Å². The van der Waals surface area contributed by atoms with Gasteiger partial charge in [-0.3, -0.25) is 29.6 Å². The van der Waals surface area contributed by atoms with E-state index in [2.05, 4.69) is 9.72 Å². The molecule has 0 saturated carbocycles. The summed E-state index contributed by atoms with van der Waals surface area (Å²) in [6.07, 6.45) is -2.12. The lowest BCUT2D eigenvalue weighted by Crippen LogP contribution is -2.29. The number of aliphatic hydroxyl groups excluding tert-OH is 1. The Hall–Kier alpha value is -4.74. The van der Waals surface area contributed by atoms with E-state index in [0.29, 0.717) is 5.56 Å². The van der Waals surface area contributed by atoms with Crippen molar-refractivity contribution in [3.8, 4) is 5.75 Å².